The Morgan fingerprint density at radius 3 is 3.27 bits per heavy atom. The molecule has 2 aliphatic heterocycles. The van der Waals surface area contributed by atoms with Crippen LogP contribution in [-0.4, -0.2) is 36.8 Å². The van der Waals surface area contributed by atoms with Gasteiger partial charge in [-0.15, -0.1) is 0 Å². The Bertz CT molecular complexity index is 224. The number of rotatable bonds is 0. The first-order valence-electron chi connectivity index (χ1n) is 3.84. The molecule has 0 bridgehead atoms. The van der Waals surface area contributed by atoms with Crippen LogP contribution in [0.2, 0.25) is 0 Å². The summed E-state index contributed by atoms with van der Waals surface area (Å²) in [6.07, 6.45) is 0.905. The van der Waals surface area contributed by atoms with Crippen LogP contribution in [0.5, 0.6) is 0 Å². The van der Waals surface area contributed by atoms with Gasteiger partial charge in [-0.3, -0.25) is 4.79 Å². The molecule has 0 aromatic rings. The molecule has 1 atom stereocenters. The summed E-state index contributed by atoms with van der Waals surface area (Å²) in [5.41, 5.74) is 1.00. The number of piperidine rings is 1. The van der Waals surface area contributed by atoms with Gasteiger partial charge in [-0.1, -0.05) is 0 Å². The molecule has 1 fully saturated rings. The third-order valence-corrected chi connectivity index (χ3v) is 2.21. The Labute approximate surface area is 65.3 Å². The van der Waals surface area contributed by atoms with E-state index in [1.165, 1.54) is 5.01 Å². The second kappa shape index (κ2) is 2.30. The Hall–Kier alpha value is -0.900. The summed E-state index contributed by atoms with van der Waals surface area (Å²) >= 11 is 0. The summed E-state index contributed by atoms with van der Waals surface area (Å²) < 4.78 is 0. The molecule has 2 aliphatic rings. The number of nitrogens with one attached hydrogen (secondary N) is 1. The van der Waals surface area contributed by atoms with Crippen LogP contribution in [0.15, 0.2) is 5.10 Å². The van der Waals surface area contributed by atoms with Crippen LogP contribution < -0.4 is 5.32 Å². The zero-order chi connectivity index (χ0) is 7.84. The normalized spacial score (nSPS) is 30.3. The monoisotopic (exact) mass is 153 g/mol. The highest BCUT2D eigenvalue weighted by atomic mass is 16.2. The Morgan fingerprint density at radius 2 is 2.55 bits per heavy atom. The number of hydrogen-bond acceptors (Lipinski definition) is 3. The fraction of sp³-hybridized carbons (Fsp3) is 0.714. The summed E-state index contributed by atoms with van der Waals surface area (Å²) in [6, 6.07) is 0. The lowest BCUT2D eigenvalue weighted by Gasteiger charge is -2.17. The molecule has 1 amide bonds. The molecular formula is C7H11N3O. The predicted molar refractivity (Wildman–Crippen MR) is 41.2 cm³/mol. The van der Waals surface area contributed by atoms with Gasteiger partial charge in [0.05, 0.1) is 11.6 Å². The molecule has 2 rings (SSSR count). The number of hydrogen-bond donors (Lipinski definition) is 1. The molecule has 1 N–H and O–H groups in total. The molecule has 0 saturated carbocycles. The fourth-order valence-electron chi connectivity index (χ4n) is 1.59. The van der Waals surface area contributed by atoms with Gasteiger partial charge in [0.2, 0.25) is 0 Å². The number of amides is 1. The summed E-state index contributed by atoms with van der Waals surface area (Å²) in [5.74, 6) is 0.239. The summed E-state index contributed by atoms with van der Waals surface area (Å²) in [6.45, 7) is 1.71. The fourth-order valence-corrected chi connectivity index (χ4v) is 1.59. The van der Waals surface area contributed by atoms with Crippen LogP contribution in [0.1, 0.15) is 6.42 Å². The Balaban J connectivity index is 2.22. The van der Waals surface area contributed by atoms with Crippen molar-refractivity contribution >= 4 is 11.6 Å². The molecule has 0 aliphatic carbocycles. The highest BCUT2D eigenvalue weighted by Gasteiger charge is 2.34. The quantitative estimate of drug-likeness (QED) is 0.506. The van der Waals surface area contributed by atoms with Crippen molar-refractivity contribution in [3.63, 3.8) is 0 Å². The van der Waals surface area contributed by atoms with Gasteiger partial charge in [-0.25, -0.2) is 5.01 Å². The lowest BCUT2D eigenvalue weighted by atomic mass is 9.96. The lowest BCUT2D eigenvalue weighted by Crippen LogP contribution is -2.38. The maximum absolute atomic E-state index is 11.3. The Morgan fingerprint density at radius 1 is 1.73 bits per heavy atom. The SMILES string of the molecule is CN1N=C2CNCC[C@@H]2C1=O. The minimum atomic E-state index is 0.0845. The van der Waals surface area contributed by atoms with Gasteiger partial charge in [0.25, 0.3) is 5.91 Å². The highest BCUT2D eigenvalue weighted by molar-refractivity contribution is 6.09. The van der Waals surface area contributed by atoms with Crippen molar-refractivity contribution in [1.82, 2.24) is 10.3 Å². The zero-order valence-electron chi connectivity index (χ0n) is 6.50. The molecular weight excluding hydrogens is 142 g/mol. The van der Waals surface area contributed by atoms with Gasteiger partial charge >= 0.3 is 0 Å². The van der Waals surface area contributed by atoms with Gasteiger partial charge in [0.1, 0.15) is 0 Å². The van der Waals surface area contributed by atoms with Gasteiger partial charge in [0, 0.05) is 13.6 Å². The van der Waals surface area contributed by atoms with Crippen molar-refractivity contribution in [2.24, 2.45) is 11.0 Å². The molecule has 4 heteroatoms. The minimum absolute atomic E-state index is 0.0845. The topological polar surface area (TPSA) is 44.7 Å². The van der Waals surface area contributed by atoms with Crippen molar-refractivity contribution in [2.45, 2.75) is 6.42 Å². The van der Waals surface area contributed by atoms with Crippen LogP contribution in [0.3, 0.4) is 0 Å². The van der Waals surface area contributed by atoms with Crippen molar-refractivity contribution in [1.29, 1.82) is 0 Å². The number of carbonyl (C=O) groups excluding carboxylic acids is 1. The van der Waals surface area contributed by atoms with Gasteiger partial charge < -0.3 is 5.32 Å². The zero-order valence-corrected chi connectivity index (χ0v) is 6.50. The average Bonchev–Trinajstić information content (AvgIpc) is 2.30. The van der Waals surface area contributed by atoms with Gasteiger partial charge in [0.15, 0.2) is 0 Å². The number of carbonyl (C=O) groups is 1. The van der Waals surface area contributed by atoms with Crippen molar-refractivity contribution in [2.75, 3.05) is 20.1 Å². The van der Waals surface area contributed by atoms with E-state index in [1.54, 1.807) is 7.05 Å². The first kappa shape index (κ1) is 6.79. The second-order valence-corrected chi connectivity index (χ2v) is 2.97. The molecule has 2 heterocycles. The minimum Gasteiger partial charge on any atom is -0.311 e. The molecule has 11 heavy (non-hydrogen) atoms. The lowest BCUT2D eigenvalue weighted by molar-refractivity contribution is -0.130. The third kappa shape index (κ3) is 0.939. The van der Waals surface area contributed by atoms with E-state index < -0.39 is 0 Å². The summed E-state index contributed by atoms with van der Waals surface area (Å²) in [7, 11) is 1.72. The summed E-state index contributed by atoms with van der Waals surface area (Å²) in [4.78, 5) is 11.3. The average molecular weight is 153 g/mol. The molecule has 1 saturated heterocycles. The molecule has 0 aromatic heterocycles. The van der Waals surface area contributed by atoms with E-state index in [1.807, 2.05) is 0 Å². The van der Waals surface area contributed by atoms with Crippen molar-refractivity contribution < 1.29 is 4.79 Å². The van der Waals surface area contributed by atoms with Crippen LogP contribution in [0.4, 0.5) is 0 Å². The first-order chi connectivity index (χ1) is 5.29. The molecule has 0 radical (unpaired) electrons. The van der Waals surface area contributed by atoms with Crippen molar-refractivity contribution in [3.05, 3.63) is 0 Å². The van der Waals surface area contributed by atoms with Crippen LogP contribution >= 0.6 is 0 Å². The first-order valence-corrected chi connectivity index (χ1v) is 3.84. The van der Waals surface area contributed by atoms with Crippen LogP contribution in [-0.2, 0) is 4.79 Å². The highest BCUT2D eigenvalue weighted by Crippen LogP contribution is 2.18. The largest absolute Gasteiger partial charge is 0.311 e. The molecule has 0 spiro atoms. The van der Waals surface area contributed by atoms with Gasteiger partial charge in [-0.05, 0) is 13.0 Å². The smallest absolute Gasteiger partial charge is 0.251 e. The maximum atomic E-state index is 11.3. The van der Waals surface area contributed by atoms with Crippen LogP contribution in [0.25, 0.3) is 0 Å². The summed E-state index contributed by atoms with van der Waals surface area (Å²) in [5, 5.41) is 8.77. The molecule has 0 aromatic carbocycles. The predicted octanol–water partition coefficient (Wildman–Crippen LogP) is -0.576. The number of hydrazone groups is 1. The van der Waals surface area contributed by atoms with E-state index in [0.29, 0.717) is 0 Å². The van der Waals surface area contributed by atoms with E-state index in [-0.39, 0.29) is 11.8 Å². The number of fused-ring (bicyclic) bond motifs is 1. The van der Waals surface area contributed by atoms with Crippen LogP contribution in [0, 0.1) is 5.92 Å². The van der Waals surface area contributed by atoms with E-state index >= 15 is 0 Å². The van der Waals surface area contributed by atoms with E-state index in [4.69, 9.17) is 0 Å². The standard InChI is InChI=1S/C7H11N3O/c1-10-7(11)5-2-3-8-4-6(5)9-10/h5,8H,2-4H2,1H3/t5-/m0/s1. The number of nitrogens with zero attached hydrogens (tertiary/aromatic N) is 2. The van der Waals surface area contributed by atoms with Gasteiger partial charge in [-0.2, -0.15) is 5.10 Å². The molecule has 60 valence electrons. The molecule has 0 unspecified atom stereocenters. The Kier molecular flexibility index (Phi) is 1.42. The van der Waals surface area contributed by atoms with E-state index in [2.05, 4.69) is 10.4 Å². The molecule has 4 nitrogen and oxygen atoms in total. The maximum Gasteiger partial charge on any atom is 0.251 e. The van der Waals surface area contributed by atoms with E-state index in [9.17, 15) is 4.79 Å². The third-order valence-electron chi connectivity index (χ3n) is 2.21. The second-order valence-electron chi connectivity index (χ2n) is 2.97. The van der Waals surface area contributed by atoms with E-state index in [0.717, 1.165) is 25.2 Å². The van der Waals surface area contributed by atoms with Crippen molar-refractivity contribution in [3.8, 4) is 0 Å².